The summed E-state index contributed by atoms with van der Waals surface area (Å²) in [4.78, 5) is 12.6. The zero-order valence-corrected chi connectivity index (χ0v) is 15.0. The van der Waals surface area contributed by atoms with Gasteiger partial charge in [0.15, 0.2) is 0 Å². The van der Waals surface area contributed by atoms with Gasteiger partial charge in [0.05, 0.1) is 6.21 Å². The van der Waals surface area contributed by atoms with Crippen LogP contribution in [-0.2, 0) is 7.05 Å². The fourth-order valence-corrected chi connectivity index (χ4v) is 3.12. The molecule has 27 heavy (non-hydrogen) atoms. The molecule has 4 aromatic rings. The number of aromatic nitrogens is 2. The topological polar surface area (TPSA) is 72.4 Å². The van der Waals surface area contributed by atoms with E-state index in [-0.39, 0.29) is 5.91 Å². The SMILES string of the molecule is Cc1onc(-c2ccccc2)c1C(=O)N/N=C\c1cn(C)c2ccccc12. The lowest BCUT2D eigenvalue weighted by molar-refractivity contribution is 0.0954. The Morgan fingerprint density at radius 1 is 1.15 bits per heavy atom. The molecule has 134 valence electrons. The molecule has 2 aromatic heterocycles. The Hall–Kier alpha value is -3.67. The second-order valence-corrected chi connectivity index (χ2v) is 6.24. The smallest absolute Gasteiger partial charge is 0.277 e. The number of rotatable bonds is 4. The van der Waals surface area contributed by atoms with Crippen LogP contribution in [0.2, 0.25) is 0 Å². The molecule has 0 aliphatic rings. The van der Waals surface area contributed by atoms with E-state index in [9.17, 15) is 4.79 Å². The van der Waals surface area contributed by atoms with E-state index < -0.39 is 0 Å². The van der Waals surface area contributed by atoms with Crippen LogP contribution >= 0.6 is 0 Å². The number of nitrogens with one attached hydrogen (secondary N) is 1. The minimum Gasteiger partial charge on any atom is -0.360 e. The summed E-state index contributed by atoms with van der Waals surface area (Å²) in [5.41, 5.74) is 6.32. The van der Waals surface area contributed by atoms with Crippen LogP contribution in [0.5, 0.6) is 0 Å². The van der Waals surface area contributed by atoms with Gasteiger partial charge in [-0.3, -0.25) is 4.79 Å². The number of para-hydroxylation sites is 1. The molecule has 1 N–H and O–H groups in total. The molecule has 2 aromatic carbocycles. The van der Waals surface area contributed by atoms with Crippen molar-refractivity contribution < 1.29 is 9.32 Å². The van der Waals surface area contributed by atoms with E-state index in [1.54, 1.807) is 13.1 Å². The van der Waals surface area contributed by atoms with Gasteiger partial charge >= 0.3 is 0 Å². The summed E-state index contributed by atoms with van der Waals surface area (Å²) in [7, 11) is 1.98. The molecule has 0 aliphatic carbocycles. The summed E-state index contributed by atoms with van der Waals surface area (Å²) in [5, 5.41) is 9.23. The Labute approximate surface area is 156 Å². The Morgan fingerprint density at radius 3 is 2.70 bits per heavy atom. The molecule has 0 atom stereocenters. The van der Waals surface area contributed by atoms with Crippen LogP contribution in [0.4, 0.5) is 0 Å². The number of carbonyl (C=O) groups is 1. The molecule has 0 bridgehead atoms. The third-order valence-electron chi connectivity index (χ3n) is 4.43. The average molecular weight is 358 g/mol. The predicted molar refractivity (Wildman–Crippen MR) is 105 cm³/mol. The number of benzene rings is 2. The van der Waals surface area contributed by atoms with E-state index in [1.807, 2.05) is 72.4 Å². The third kappa shape index (κ3) is 3.13. The van der Waals surface area contributed by atoms with Crippen LogP contribution in [0.1, 0.15) is 21.7 Å². The van der Waals surface area contributed by atoms with Gasteiger partial charge in [-0.25, -0.2) is 5.43 Å². The number of hydrazone groups is 1. The molecule has 0 fully saturated rings. The Balaban J connectivity index is 1.58. The van der Waals surface area contributed by atoms with E-state index >= 15 is 0 Å². The highest BCUT2D eigenvalue weighted by atomic mass is 16.5. The fraction of sp³-hybridized carbons (Fsp3) is 0.0952. The van der Waals surface area contributed by atoms with Gasteiger partial charge in [-0.2, -0.15) is 5.10 Å². The monoisotopic (exact) mass is 358 g/mol. The summed E-state index contributed by atoms with van der Waals surface area (Å²) in [6.45, 7) is 1.71. The molecule has 0 radical (unpaired) electrons. The highest BCUT2D eigenvalue weighted by Crippen LogP contribution is 2.25. The normalized spacial score (nSPS) is 11.3. The summed E-state index contributed by atoms with van der Waals surface area (Å²) in [5.74, 6) is 0.0933. The maximum absolute atomic E-state index is 12.6. The standard InChI is InChI=1S/C21H18N4O2/c1-14-19(20(24-27-14)15-8-4-3-5-9-15)21(26)23-22-12-16-13-25(2)18-11-7-6-10-17(16)18/h3-13H,1-2H3,(H,23,26)/b22-12-. The third-order valence-corrected chi connectivity index (χ3v) is 4.43. The molecule has 1 amide bonds. The number of hydrogen-bond acceptors (Lipinski definition) is 4. The molecular weight excluding hydrogens is 340 g/mol. The van der Waals surface area contributed by atoms with Gasteiger partial charge in [-0.05, 0) is 13.0 Å². The van der Waals surface area contributed by atoms with E-state index in [1.165, 1.54) is 0 Å². The molecule has 0 aliphatic heterocycles. The highest BCUT2D eigenvalue weighted by molar-refractivity contribution is 6.02. The molecule has 0 saturated carbocycles. The minimum atomic E-state index is -0.357. The number of hydrogen-bond donors (Lipinski definition) is 1. The number of aryl methyl sites for hydroxylation is 2. The van der Waals surface area contributed by atoms with Crippen molar-refractivity contribution in [1.82, 2.24) is 15.1 Å². The summed E-state index contributed by atoms with van der Waals surface area (Å²) >= 11 is 0. The van der Waals surface area contributed by atoms with Crippen molar-refractivity contribution >= 4 is 23.0 Å². The maximum atomic E-state index is 12.6. The Morgan fingerprint density at radius 2 is 1.89 bits per heavy atom. The largest absolute Gasteiger partial charge is 0.360 e. The lowest BCUT2D eigenvalue weighted by atomic mass is 10.1. The highest BCUT2D eigenvalue weighted by Gasteiger charge is 2.21. The molecule has 0 spiro atoms. The van der Waals surface area contributed by atoms with E-state index in [0.29, 0.717) is 17.0 Å². The molecular formula is C21H18N4O2. The molecule has 6 nitrogen and oxygen atoms in total. The maximum Gasteiger partial charge on any atom is 0.277 e. The predicted octanol–water partition coefficient (Wildman–Crippen LogP) is 3.91. The average Bonchev–Trinajstić information content (AvgIpc) is 3.23. The minimum absolute atomic E-state index is 0.357. The van der Waals surface area contributed by atoms with Gasteiger partial charge in [0.25, 0.3) is 5.91 Å². The van der Waals surface area contributed by atoms with Crippen molar-refractivity contribution in [3.63, 3.8) is 0 Å². The molecule has 6 heteroatoms. The Kier molecular flexibility index (Phi) is 4.30. The number of nitrogens with zero attached hydrogens (tertiary/aromatic N) is 3. The van der Waals surface area contributed by atoms with Gasteiger partial charge in [-0.1, -0.05) is 53.7 Å². The molecule has 4 rings (SSSR count). The van der Waals surface area contributed by atoms with Crippen molar-refractivity contribution in [3.8, 4) is 11.3 Å². The van der Waals surface area contributed by atoms with Crippen LogP contribution in [0, 0.1) is 6.92 Å². The van der Waals surface area contributed by atoms with Crippen molar-refractivity contribution in [2.24, 2.45) is 12.1 Å². The Bertz CT molecular complexity index is 1140. The second kappa shape index (κ2) is 6.92. The van der Waals surface area contributed by atoms with Crippen LogP contribution in [-0.4, -0.2) is 21.8 Å². The van der Waals surface area contributed by atoms with Crippen molar-refractivity contribution in [2.45, 2.75) is 6.92 Å². The zero-order valence-electron chi connectivity index (χ0n) is 15.0. The van der Waals surface area contributed by atoms with Crippen molar-refractivity contribution in [1.29, 1.82) is 0 Å². The van der Waals surface area contributed by atoms with Crippen molar-refractivity contribution in [2.75, 3.05) is 0 Å². The zero-order chi connectivity index (χ0) is 18.8. The number of fused-ring (bicyclic) bond motifs is 1. The summed E-state index contributed by atoms with van der Waals surface area (Å²) in [6, 6.07) is 17.5. The summed E-state index contributed by atoms with van der Waals surface area (Å²) in [6.07, 6.45) is 3.62. The summed E-state index contributed by atoms with van der Waals surface area (Å²) < 4.78 is 7.25. The molecule has 0 saturated heterocycles. The molecule has 0 unspecified atom stereocenters. The van der Waals surface area contributed by atoms with E-state index in [4.69, 9.17) is 4.52 Å². The lowest BCUT2D eigenvalue weighted by Crippen LogP contribution is -2.18. The van der Waals surface area contributed by atoms with Crippen LogP contribution in [0.25, 0.3) is 22.2 Å². The quantitative estimate of drug-likeness (QED) is 0.444. The first-order valence-corrected chi connectivity index (χ1v) is 8.54. The number of carbonyl (C=O) groups excluding carboxylic acids is 1. The van der Waals surface area contributed by atoms with Crippen LogP contribution in [0.3, 0.4) is 0 Å². The van der Waals surface area contributed by atoms with Crippen LogP contribution < -0.4 is 5.43 Å². The van der Waals surface area contributed by atoms with Gasteiger partial charge in [0, 0.05) is 35.3 Å². The van der Waals surface area contributed by atoms with E-state index in [0.717, 1.165) is 22.0 Å². The van der Waals surface area contributed by atoms with Gasteiger partial charge < -0.3 is 9.09 Å². The first-order chi connectivity index (χ1) is 13.1. The fourth-order valence-electron chi connectivity index (χ4n) is 3.12. The number of amides is 1. The second-order valence-electron chi connectivity index (χ2n) is 6.24. The lowest BCUT2D eigenvalue weighted by Gasteiger charge is -2.01. The van der Waals surface area contributed by atoms with Crippen molar-refractivity contribution in [3.05, 3.63) is 77.7 Å². The van der Waals surface area contributed by atoms with Gasteiger partial charge in [-0.15, -0.1) is 0 Å². The van der Waals surface area contributed by atoms with Crippen LogP contribution in [0.15, 0.2) is 70.4 Å². The van der Waals surface area contributed by atoms with Gasteiger partial charge in [0.2, 0.25) is 0 Å². The van der Waals surface area contributed by atoms with E-state index in [2.05, 4.69) is 15.7 Å². The van der Waals surface area contributed by atoms with Gasteiger partial charge in [0.1, 0.15) is 17.0 Å². The molecule has 2 heterocycles. The first-order valence-electron chi connectivity index (χ1n) is 8.54. The first kappa shape index (κ1) is 16.8.